The molecule has 1 aliphatic heterocycles. The number of aromatic nitrogens is 1. The van der Waals surface area contributed by atoms with Crippen LogP contribution in [-0.4, -0.2) is 17.6 Å². The fourth-order valence-corrected chi connectivity index (χ4v) is 3.04. The summed E-state index contributed by atoms with van der Waals surface area (Å²) in [5.74, 6) is 0.911. The van der Waals surface area contributed by atoms with Crippen LogP contribution in [0.4, 0.5) is 5.82 Å². The number of pyridine rings is 1. The third-order valence-corrected chi connectivity index (χ3v) is 4.06. The number of nitrogens with zero attached hydrogens (tertiary/aromatic N) is 3. The molecule has 3 heteroatoms. The molecule has 3 nitrogen and oxygen atoms in total. The van der Waals surface area contributed by atoms with E-state index in [9.17, 15) is 5.26 Å². The molecule has 19 heavy (non-hydrogen) atoms. The van der Waals surface area contributed by atoms with Gasteiger partial charge in [0.05, 0.1) is 5.56 Å². The smallest absolute Gasteiger partial charge is 0.147 e. The molecule has 2 heterocycles. The van der Waals surface area contributed by atoms with Crippen LogP contribution in [0.5, 0.6) is 0 Å². The Hall–Kier alpha value is -1.56. The van der Waals surface area contributed by atoms with E-state index in [4.69, 9.17) is 0 Å². The van der Waals surface area contributed by atoms with E-state index in [2.05, 4.69) is 22.9 Å². The number of rotatable bonds is 2. The second-order valence-corrected chi connectivity index (χ2v) is 5.50. The molecule has 1 unspecified atom stereocenters. The van der Waals surface area contributed by atoms with Crippen molar-refractivity contribution in [3.63, 3.8) is 0 Å². The first-order valence-electron chi connectivity index (χ1n) is 7.32. The highest BCUT2D eigenvalue weighted by Crippen LogP contribution is 2.28. The van der Waals surface area contributed by atoms with Gasteiger partial charge in [0.15, 0.2) is 0 Å². The van der Waals surface area contributed by atoms with Gasteiger partial charge in [0.1, 0.15) is 11.9 Å². The Bertz CT molecular complexity index is 488. The monoisotopic (exact) mass is 257 g/mol. The zero-order chi connectivity index (χ0) is 13.8. The summed E-state index contributed by atoms with van der Waals surface area (Å²) in [7, 11) is 0. The average Bonchev–Trinajstić information content (AvgIpc) is 2.62. The van der Waals surface area contributed by atoms with Crippen LogP contribution in [0.2, 0.25) is 0 Å². The standard InChI is InChI=1S/C16H23N3/c1-4-14-8-6-5-7-9-19(14)16-15(11-17)12(2)10-13(3)18-16/h10,14H,4-9H2,1-3H3. The zero-order valence-corrected chi connectivity index (χ0v) is 12.2. The highest BCUT2D eigenvalue weighted by Gasteiger charge is 2.24. The van der Waals surface area contributed by atoms with Crippen molar-refractivity contribution in [2.45, 2.75) is 58.9 Å². The molecule has 0 amide bonds. The van der Waals surface area contributed by atoms with Crippen LogP contribution in [0.3, 0.4) is 0 Å². The molecule has 0 N–H and O–H groups in total. The van der Waals surface area contributed by atoms with Gasteiger partial charge in [0, 0.05) is 18.3 Å². The van der Waals surface area contributed by atoms with E-state index in [-0.39, 0.29) is 0 Å². The number of hydrogen-bond donors (Lipinski definition) is 0. The predicted octanol–water partition coefficient (Wildman–Crippen LogP) is 3.73. The first-order chi connectivity index (χ1) is 9.17. The lowest BCUT2D eigenvalue weighted by atomic mass is 10.1. The van der Waals surface area contributed by atoms with Crippen LogP contribution in [0.25, 0.3) is 0 Å². The number of nitriles is 1. The fraction of sp³-hybridized carbons (Fsp3) is 0.625. The largest absolute Gasteiger partial charge is 0.353 e. The molecule has 0 bridgehead atoms. The molecule has 0 saturated carbocycles. The van der Waals surface area contributed by atoms with Crippen LogP contribution in [0.1, 0.15) is 55.8 Å². The second kappa shape index (κ2) is 6.06. The Morgan fingerprint density at radius 1 is 1.37 bits per heavy atom. The van der Waals surface area contributed by atoms with Crippen LogP contribution in [-0.2, 0) is 0 Å². The van der Waals surface area contributed by atoms with Crippen molar-refractivity contribution < 1.29 is 0 Å². The molecule has 2 rings (SSSR count). The summed E-state index contributed by atoms with van der Waals surface area (Å²) in [5.41, 5.74) is 2.81. The highest BCUT2D eigenvalue weighted by atomic mass is 15.2. The second-order valence-electron chi connectivity index (χ2n) is 5.50. The van der Waals surface area contributed by atoms with Gasteiger partial charge in [-0.1, -0.05) is 19.8 Å². The molecular formula is C16H23N3. The van der Waals surface area contributed by atoms with Crippen LogP contribution >= 0.6 is 0 Å². The summed E-state index contributed by atoms with van der Waals surface area (Å²) in [5, 5.41) is 9.43. The third kappa shape index (κ3) is 2.89. The minimum Gasteiger partial charge on any atom is -0.353 e. The lowest BCUT2D eigenvalue weighted by Crippen LogP contribution is -2.36. The summed E-state index contributed by atoms with van der Waals surface area (Å²) in [6, 6.07) is 4.88. The van der Waals surface area contributed by atoms with Crippen molar-refractivity contribution in [3.8, 4) is 6.07 Å². The normalized spacial score (nSPS) is 19.9. The first kappa shape index (κ1) is 13.9. The topological polar surface area (TPSA) is 39.9 Å². The average molecular weight is 257 g/mol. The van der Waals surface area contributed by atoms with Gasteiger partial charge >= 0.3 is 0 Å². The molecule has 1 aliphatic rings. The molecule has 1 aromatic heterocycles. The Kier molecular flexibility index (Phi) is 4.42. The Morgan fingerprint density at radius 3 is 2.84 bits per heavy atom. The highest BCUT2D eigenvalue weighted by molar-refractivity contribution is 5.58. The summed E-state index contributed by atoms with van der Waals surface area (Å²) in [6.07, 6.45) is 6.13. The van der Waals surface area contributed by atoms with Gasteiger partial charge in [-0.15, -0.1) is 0 Å². The van der Waals surface area contributed by atoms with Crippen LogP contribution < -0.4 is 4.90 Å². The maximum atomic E-state index is 9.43. The minimum atomic E-state index is 0.531. The number of hydrogen-bond acceptors (Lipinski definition) is 3. The molecule has 1 saturated heterocycles. The maximum absolute atomic E-state index is 9.43. The molecule has 0 aliphatic carbocycles. The summed E-state index contributed by atoms with van der Waals surface area (Å²) >= 11 is 0. The molecule has 0 aromatic carbocycles. The lowest BCUT2D eigenvalue weighted by Gasteiger charge is -2.31. The first-order valence-corrected chi connectivity index (χ1v) is 7.32. The van der Waals surface area contributed by atoms with Gasteiger partial charge < -0.3 is 4.90 Å². The number of aryl methyl sites for hydroxylation is 2. The van der Waals surface area contributed by atoms with Crippen LogP contribution in [0.15, 0.2) is 6.07 Å². The molecule has 1 aromatic rings. The van der Waals surface area contributed by atoms with Crippen LogP contribution in [0, 0.1) is 25.2 Å². The van der Waals surface area contributed by atoms with E-state index in [1.54, 1.807) is 0 Å². The van der Waals surface area contributed by atoms with Gasteiger partial charge in [0.25, 0.3) is 0 Å². The van der Waals surface area contributed by atoms with E-state index in [0.29, 0.717) is 6.04 Å². The van der Waals surface area contributed by atoms with E-state index in [0.717, 1.165) is 35.6 Å². The predicted molar refractivity (Wildman–Crippen MR) is 78.3 cm³/mol. The molecule has 0 radical (unpaired) electrons. The SMILES string of the molecule is CCC1CCCCCN1c1nc(C)cc(C)c1C#N. The van der Waals surface area contributed by atoms with E-state index >= 15 is 0 Å². The summed E-state index contributed by atoms with van der Waals surface area (Å²) in [4.78, 5) is 7.05. The molecule has 0 spiro atoms. The molecule has 1 fully saturated rings. The quantitative estimate of drug-likeness (QED) is 0.810. The van der Waals surface area contributed by atoms with Crippen molar-refractivity contribution in [2.24, 2.45) is 0 Å². The van der Waals surface area contributed by atoms with E-state index in [1.165, 1.54) is 25.7 Å². The Morgan fingerprint density at radius 2 is 2.16 bits per heavy atom. The van der Waals surface area contributed by atoms with E-state index < -0.39 is 0 Å². The molecular weight excluding hydrogens is 234 g/mol. The van der Waals surface area contributed by atoms with Crippen molar-refractivity contribution >= 4 is 5.82 Å². The lowest BCUT2D eigenvalue weighted by molar-refractivity contribution is 0.551. The Balaban J connectivity index is 2.46. The maximum Gasteiger partial charge on any atom is 0.147 e. The van der Waals surface area contributed by atoms with Gasteiger partial charge in [-0.3, -0.25) is 0 Å². The van der Waals surface area contributed by atoms with Crippen molar-refractivity contribution in [3.05, 3.63) is 22.9 Å². The Labute approximate surface area is 116 Å². The number of anilines is 1. The van der Waals surface area contributed by atoms with Crippen molar-refractivity contribution in [1.29, 1.82) is 5.26 Å². The van der Waals surface area contributed by atoms with Gasteiger partial charge in [-0.05, 0) is 44.7 Å². The van der Waals surface area contributed by atoms with Gasteiger partial charge in [-0.2, -0.15) is 5.26 Å². The summed E-state index contributed by atoms with van der Waals surface area (Å²) < 4.78 is 0. The fourth-order valence-electron chi connectivity index (χ4n) is 3.04. The molecule has 1 atom stereocenters. The third-order valence-electron chi connectivity index (χ3n) is 4.06. The zero-order valence-electron chi connectivity index (χ0n) is 12.2. The van der Waals surface area contributed by atoms with Gasteiger partial charge in [0.2, 0.25) is 0 Å². The van der Waals surface area contributed by atoms with E-state index in [1.807, 2.05) is 19.9 Å². The van der Waals surface area contributed by atoms with Crippen molar-refractivity contribution in [1.82, 2.24) is 4.98 Å². The van der Waals surface area contributed by atoms with Gasteiger partial charge in [-0.25, -0.2) is 4.98 Å². The minimum absolute atomic E-state index is 0.531. The summed E-state index contributed by atoms with van der Waals surface area (Å²) in [6.45, 7) is 7.28. The van der Waals surface area contributed by atoms with Crippen molar-refractivity contribution in [2.75, 3.05) is 11.4 Å². The molecule has 102 valence electrons.